The molecule has 0 aliphatic carbocycles. The lowest BCUT2D eigenvalue weighted by molar-refractivity contribution is 0.338. The zero-order valence-corrected chi connectivity index (χ0v) is 12.2. The monoisotopic (exact) mass is 250 g/mol. The van der Waals surface area contributed by atoms with Gasteiger partial charge in [0.25, 0.3) is 0 Å². The number of unbranched alkanes of at least 4 members (excludes halogenated alkanes) is 8. The molecule has 0 unspecified atom stereocenters. The second kappa shape index (κ2) is 16.0. The highest BCUT2D eigenvalue weighted by molar-refractivity contribution is 5.09. The Balaban J connectivity index is 3.17. The standard InChI is InChI=1S/C17H30O/c1-3-4-5-6-7-8-9-10-11-12-13-14-15-16-17-18-2/h12-17H,3-11H2,1-2H3/b13-12+,15-14+,17-16+. The van der Waals surface area contributed by atoms with Gasteiger partial charge in [-0.25, -0.2) is 0 Å². The van der Waals surface area contributed by atoms with E-state index >= 15 is 0 Å². The first-order chi connectivity index (χ1) is 8.91. The van der Waals surface area contributed by atoms with Crippen molar-refractivity contribution < 1.29 is 4.74 Å². The number of hydrogen-bond acceptors (Lipinski definition) is 1. The minimum absolute atomic E-state index is 1.20. The Morgan fingerprint density at radius 1 is 0.722 bits per heavy atom. The van der Waals surface area contributed by atoms with E-state index in [9.17, 15) is 0 Å². The van der Waals surface area contributed by atoms with Crippen molar-refractivity contribution in [3.05, 3.63) is 36.6 Å². The molecule has 0 saturated heterocycles. The van der Waals surface area contributed by atoms with Gasteiger partial charge in [0.2, 0.25) is 0 Å². The summed E-state index contributed by atoms with van der Waals surface area (Å²) in [6.07, 6.45) is 24.3. The number of ether oxygens (including phenoxy) is 1. The number of hydrogen-bond donors (Lipinski definition) is 0. The Morgan fingerprint density at radius 2 is 1.33 bits per heavy atom. The number of rotatable bonds is 12. The maximum Gasteiger partial charge on any atom is 0.0824 e. The second-order valence-corrected chi connectivity index (χ2v) is 4.64. The van der Waals surface area contributed by atoms with Crippen molar-refractivity contribution in [3.63, 3.8) is 0 Å². The van der Waals surface area contributed by atoms with Crippen molar-refractivity contribution >= 4 is 0 Å². The van der Waals surface area contributed by atoms with E-state index in [2.05, 4.69) is 19.1 Å². The van der Waals surface area contributed by atoms with Crippen LogP contribution in [0.15, 0.2) is 36.6 Å². The molecule has 0 radical (unpaired) electrons. The molecule has 0 aromatic heterocycles. The molecule has 0 aliphatic rings. The quantitative estimate of drug-likeness (QED) is 0.242. The molecule has 0 atom stereocenters. The molecule has 18 heavy (non-hydrogen) atoms. The largest absolute Gasteiger partial charge is 0.504 e. The van der Waals surface area contributed by atoms with E-state index in [0.29, 0.717) is 0 Å². The minimum atomic E-state index is 1.20. The van der Waals surface area contributed by atoms with Gasteiger partial charge in [-0.15, -0.1) is 0 Å². The maximum atomic E-state index is 4.79. The molecule has 0 heterocycles. The van der Waals surface area contributed by atoms with Gasteiger partial charge >= 0.3 is 0 Å². The summed E-state index contributed by atoms with van der Waals surface area (Å²) in [5.41, 5.74) is 0. The van der Waals surface area contributed by atoms with E-state index in [1.54, 1.807) is 13.4 Å². The Labute approximate surface area is 114 Å². The van der Waals surface area contributed by atoms with Gasteiger partial charge in [0.15, 0.2) is 0 Å². The van der Waals surface area contributed by atoms with Gasteiger partial charge in [-0.1, -0.05) is 76.2 Å². The average molecular weight is 250 g/mol. The first kappa shape index (κ1) is 17.0. The zero-order chi connectivity index (χ0) is 13.3. The van der Waals surface area contributed by atoms with E-state index in [4.69, 9.17) is 4.74 Å². The van der Waals surface area contributed by atoms with Gasteiger partial charge in [0.1, 0.15) is 0 Å². The topological polar surface area (TPSA) is 9.23 Å². The molecule has 0 aliphatic heterocycles. The highest BCUT2D eigenvalue weighted by atomic mass is 16.5. The van der Waals surface area contributed by atoms with E-state index in [0.717, 1.165) is 0 Å². The van der Waals surface area contributed by atoms with E-state index in [-0.39, 0.29) is 0 Å². The lowest BCUT2D eigenvalue weighted by atomic mass is 10.1. The Morgan fingerprint density at radius 3 is 2.00 bits per heavy atom. The van der Waals surface area contributed by atoms with Crippen molar-refractivity contribution in [1.29, 1.82) is 0 Å². The first-order valence-corrected chi connectivity index (χ1v) is 7.43. The van der Waals surface area contributed by atoms with E-state index in [1.807, 2.05) is 18.2 Å². The van der Waals surface area contributed by atoms with Crippen molar-refractivity contribution in [3.8, 4) is 0 Å². The summed E-state index contributed by atoms with van der Waals surface area (Å²) in [6, 6.07) is 0. The molecule has 0 aromatic carbocycles. The van der Waals surface area contributed by atoms with Crippen LogP contribution in [0.25, 0.3) is 0 Å². The van der Waals surface area contributed by atoms with Crippen LogP contribution in [0.4, 0.5) is 0 Å². The summed E-state index contributed by atoms with van der Waals surface area (Å²) >= 11 is 0. The minimum Gasteiger partial charge on any atom is -0.504 e. The Kier molecular flexibility index (Phi) is 15.1. The van der Waals surface area contributed by atoms with Crippen LogP contribution in [-0.2, 0) is 4.74 Å². The molecule has 0 fully saturated rings. The third kappa shape index (κ3) is 15.0. The van der Waals surface area contributed by atoms with Crippen molar-refractivity contribution in [1.82, 2.24) is 0 Å². The van der Waals surface area contributed by atoms with Crippen molar-refractivity contribution in [2.45, 2.75) is 64.7 Å². The molecule has 0 rings (SSSR count). The molecule has 0 aromatic rings. The van der Waals surface area contributed by atoms with Gasteiger partial charge in [0, 0.05) is 0 Å². The van der Waals surface area contributed by atoms with Crippen molar-refractivity contribution in [2.75, 3.05) is 7.11 Å². The Bertz CT molecular complexity index is 226. The highest BCUT2D eigenvalue weighted by Crippen LogP contribution is 2.09. The van der Waals surface area contributed by atoms with Crippen LogP contribution in [0, 0.1) is 0 Å². The maximum absolute atomic E-state index is 4.79. The van der Waals surface area contributed by atoms with Crippen LogP contribution in [0.5, 0.6) is 0 Å². The molecule has 0 amide bonds. The number of allylic oxidation sites excluding steroid dienone is 5. The van der Waals surface area contributed by atoms with Gasteiger partial charge in [-0.2, -0.15) is 0 Å². The van der Waals surface area contributed by atoms with Gasteiger partial charge in [-0.3, -0.25) is 0 Å². The lowest BCUT2D eigenvalue weighted by Gasteiger charge is -1.99. The van der Waals surface area contributed by atoms with Crippen LogP contribution in [0.1, 0.15) is 64.7 Å². The molecule has 104 valence electrons. The summed E-state index contributed by atoms with van der Waals surface area (Å²) in [5, 5.41) is 0. The predicted octanol–water partition coefficient (Wildman–Crippen LogP) is 5.79. The van der Waals surface area contributed by atoms with Crippen molar-refractivity contribution in [2.24, 2.45) is 0 Å². The van der Waals surface area contributed by atoms with Gasteiger partial charge in [0.05, 0.1) is 13.4 Å². The predicted molar refractivity (Wildman–Crippen MR) is 81.7 cm³/mol. The molecule has 0 N–H and O–H groups in total. The third-order valence-electron chi connectivity index (χ3n) is 2.91. The summed E-state index contributed by atoms with van der Waals surface area (Å²) in [6.45, 7) is 2.27. The summed E-state index contributed by atoms with van der Waals surface area (Å²) < 4.78 is 4.79. The first-order valence-electron chi connectivity index (χ1n) is 7.43. The van der Waals surface area contributed by atoms with Crippen LogP contribution in [0.3, 0.4) is 0 Å². The zero-order valence-electron chi connectivity index (χ0n) is 12.2. The summed E-state index contributed by atoms with van der Waals surface area (Å²) in [7, 11) is 1.66. The molecule has 0 spiro atoms. The third-order valence-corrected chi connectivity index (χ3v) is 2.91. The number of methoxy groups -OCH3 is 1. The fourth-order valence-corrected chi connectivity index (χ4v) is 1.82. The van der Waals surface area contributed by atoms with Gasteiger partial charge in [-0.05, 0) is 18.9 Å². The van der Waals surface area contributed by atoms with E-state index < -0.39 is 0 Å². The fourth-order valence-electron chi connectivity index (χ4n) is 1.82. The van der Waals surface area contributed by atoms with Gasteiger partial charge < -0.3 is 4.74 Å². The second-order valence-electron chi connectivity index (χ2n) is 4.64. The van der Waals surface area contributed by atoms with E-state index in [1.165, 1.54) is 57.8 Å². The molecule has 1 nitrogen and oxygen atoms in total. The lowest BCUT2D eigenvalue weighted by Crippen LogP contribution is -1.79. The highest BCUT2D eigenvalue weighted by Gasteiger charge is 1.89. The smallest absolute Gasteiger partial charge is 0.0824 e. The SMILES string of the molecule is CCCCCCCCCC/C=C/C=C/C=C/OC. The van der Waals surface area contributed by atoms with Crippen LogP contribution >= 0.6 is 0 Å². The van der Waals surface area contributed by atoms with Crippen LogP contribution in [0.2, 0.25) is 0 Å². The molecular formula is C17H30O. The molecule has 1 heteroatoms. The molecular weight excluding hydrogens is 220 g/mol. The molecule has 0 saturated carbocycles. The summed E-state index contributed by atoms with van der Waals surface area (Å²) in [4.78, 5) is 0. The fraction of sp³-hybridized carbons (Fsp3) is 0.647. The van der Waals surface area contributed by atoms with Crippen LogP contribution < -0.4 is 0 Å². The molecule has 0 bridgehead atoms. The normalized spacial score (nSPS) is 12.1. The average Bonchev–Trinajstić information content (AvgIpc) is 2.39. The summed E-state index contributed by atoms with van der Waals surface area (Å²) in [5.74, 6) is 0. The van der Waals surface area contributed by atoms with Crippen LogP contribution in [-0.4, -0.2) is 7.11 Å². The Hall–Kier alpha value is -0.980.